The second kappa shape index (κ2) is 6.33. The Labute approximate surface area is 107 Å². The lowest BCUT2D eigenvalue weighted by molar-refractivity contribution is 0.448. The third-order valence-corrected chi connectivity index (χ3v) is 3.56. The molecule has 1 rings (SSSR count). The average Bonchev–Trinajstić information content (AvgIpc) is 2.35. The summed E-state index contributed by atoms with van der Waals surface area (Å²) >= 11 is 1.74. The Morgan fingerprint density at radius 3 is 2.71 bits per heavy atom. The monoisotopic (exact) mass is 244 g/mol. The van der Waals surface area contributed by atoms with Crippen LogP contribution in [-0.2, 0) is 0 Å². The molecule has 0 spiro atoms. The van der Waals surface area contributed by atoms with E-state index in [4.69, 9.17) is 10.5 Å². The highest BCUT2D eigenvalue weighted by molar-refractivity contribution is 7.99. The maximum absolute atomic E-state index is 8.89. The molecule has 0 fully saturated rings. The standard InChI is InChI=1S/C14H16N2S/c1-14(2,11-16)7-4-8-17-13-6-3-5-12(9-13)10-15/h3,5-6,9H,4,7-8H2,1-2H3. The molecule has 1 aromatic rings. The van der Waals surface area contributed by atoms with E-state index in [0.29, 0.717) is 5.56 Å². The summed E-state index contributed by atoms with van der Waals surface area (Å²) in [7, 11) is 0. The molecule has 0 N–H and O–H groups in total. The summed E-state index contributed by atoms with van der Waals surface area (Å²) in [6, 6.07) is 12.1. The molecule has 0 bridgehead atoms. The van der Waals surface area contributed by atoms with E-state index in [1.165, 1.54) is 0 Å². The zero-order chi connectivity index (χ0) is 12.7. The SMILES string of the molecule is CC(C)(C#N)CCCSc1cccc(C#N)c1. The maximum atomic E-state index is 8.89. The molecule has 0 aliphatic carbocycles. The first-order valence-electron chi connectivity index (χ1n) is 5.61. The van der Waals surface area contributed by atoms with Crippen LogP contribution in [0.5, 0.6) is 0 Å². The molecule has 88 valence electrons. The van der Waals surface area contributed by atoms with Crippen molar-refractivity contribution in [1.29, 1.82) is 10.5 Å². The summed E-state index contributed by atoms with van der Waals surface area (Å²) in [5.41, 5.74) is 0.474. The summed E-state index contributed by atoms with van der Waals surface area (Å²) < 4.78 is 0. The molecule has 3 heteroatoms. The first-order valence-corrected chi connectivity index (χ1v) is 6.60. The number of nitrogens with zero attached hydrogens (tertiary/aromatic N) is 2. The number of hydrogen-bond acceptors (Lipinski definition) is 3. The normalized spacial score (nSPS) is 10.6. The van der Waals surface area contributed by atoms with Gasteiger partial charge in [0.15, 0.2) is 0 Å². The Hall–Kier alpha value is -1.45. The van der Waals surface area contributed by atoms with Gasteiger partial charge in [-0.2, -0.15) is 10.5 Å². The van der Waals surface area contributed by atoms with Gasteiger partial charge in [-0.1, -0.05) is 6.07 Å². The van der Waals surface area contributed by atoms with E-state index in [1.54, 1.807) is 11.8 Å². The lowest BCUT2D eigenvalue weighted by Gasteiger charge is -2.13. The van der Waals surface area contributed by atoms with Crippen molar-refractivity contribution >= 4 is 11.8 Å². The van der Waals surface area contributed by atoms with Gasteiger partial charge in [0.25, 0.3) is 0 Å². The van der Waals surface area contributed by atoms with Gasteiger partial charge >= 0.3 is 0 Å². The van der Waals surface area contributed by atoms with Crippen LogP contribution >= 0.6 is 11.8 Å². The van der Waals surface area contributed by atoms with Gasteiger partial charge in [-0.05, 0) is 50.6 Å². The van der Waals surface area contributed by atoms with Gasteiger partial charge in [-0.3, -0.25) is 0 Å². The molecule has 2 nitrogen and oxygen atoms in total. The molecule has 0 saturated carbocycles. The molecule has 0 radical (unpaired) electrons. The lowest BCUT2D eigenvalue weighted by atomic mass is 9.90. The molecule has 0 aromatic heterocycles. The van der Waals surface area contributed by atoms with E-state index >= 15 is 0 Å². The third-order valence-electron chi connectivity index (χ3n) is 2.48. The highest BCUT2D eigenvalue weighted by Gasteiger charge is 2.15. The zero-order valence-electron chi connectivity index (χ0n) is 10.2. The smallest absolute Gasteiger partial charge is 0.0992 e. The van der Waals surface area contributed by atoms with Crippen molar-refractivity contribution in [2.24, 2.45) is 5.41 Å². The first-order chi connectivity index (χ1) is 8.07. The molecular formula is C14H16N2S. The van der Waals surface area contributed by atoms with Crippen LogP contribution in [0.25, 0.3) is 0 Å². The molecule has 0 saturated heterocycles. The second-order valence-corrected chi connectivity index (χ2v) is 5.76. The van der Waals surface area contributed by atoms with Gasteiger partial charge < -0.3 is 0 Å². The Kier molecular flexibility index (Phi) is 5.07. The zero-order valence-corrected chi connectivity index (χ0v) is 11.0. The summed E-state index contributed by atoms with van der Waals surface area (Å²) in [6.45, 7) is 3.93. The molecule has 0 unspecified atom stereocenters. The number of benzene rings is 1. The summed E-state index contributed by atoms with van der Waals surface area (Å²) in [5.74, 6) is 0.986. The van der Waals surface area contributed by atoms with Crippen LogP contribution in [-0.4, -0.2) is 5.75 Å². The van der Waals surface area contributed by atoms with Crippen molar-refractivity contribution in [2.45, 2.75) is 31.6 Å². The van der Waals surface area contributed by atoms with Crippen LogP contribution in [0, 0.1) is 28.1 Å². The fourth-order valence-corrected chi connectivity index (χ4v) is 2.32. The number of hydrogen-bond donors (Lipinski definition) is 0. The lowest BCUT2D eigenvalue weighted by Crippen LogP contribution is -2.07. The van der Waals surface area contributed by atoms with Crippen LogP contribution in [0.4, 0.5) is 0 Å². The Morgan fingerprint density at radius 2 is 2.06 bits per heavy atom. The number of nitriles is 2. The predicted molar refractivity (Wildman–Crippen MR) is 70.5 cm³/mol. The maximum Gasteiger partial charge on any atom is 0.0992 e. The van der Waals surface area contributed by atoms with Crippen LogP contribution in [0.2, 0.25) is 0 Å². The predicted octanol–water partition coefficient (Wildman–Crippen LogP) is 3.98. The van der Waals surface area contributed by atoms with Crippen LogP contribution in [0.15, 0.2) is 29.2 Å². The average molecular weight is 244 g/mol. The Bertz CT molecular complexity index is 452. The van der Waals surface area contributed by atoms with Crippen LogP contribution in [0.1, 0.15) is 32.3 Å². The van der Waals surface area contributed by atoms with Crippen LogP contribution < -0.4 is 0 Å². The summed E-state index contributed by atoms with van der Waals surface area (Å²) in [6.07, 6.45) is 1.93. The summed E-state index contributed by atoms with van der Waals surface area (Å²) in [5, 5.41) is 17.7. The van der Waals surface area contributed by atoms with Gasteiger partial charge in [0, 0.05) is 4.90 Å². The molecule has 0 aliphatic rings. The molecule has 17 heavy (non-hydrogen) atoms. The van der Waals surface area contributed by atoms with E-state index in [1.807, 2.05) is 38.1 Å². The highest BCUT2D eigenvalue weighted by atomic mass is 32.2. The van der Waals surface area contributed by atoms with E-state index in [-0.39, 0.29) is 5.41 Å². The van der Waals surface area contributed by atoms with Crippen molar-refractivity contribution in [3.05, 3.63) is 29.8 Å². The highest BCUT2D eigenvalue weighted by Crippen LogP contribution is 2.25. The van der Waals surface area contributed by atoms with Gasteiger partial charge in [0.1, 0.15) is 0 Å². The van der Waals surface area contributed by atoms with Gasteiger partial charge in [0.05, 0.1) is 23.1 Å². The van der Waals surface area contributed by atoms with Gasteiger partial charge in [0.2, 0.25) is 0 Å². The molecule has 0 atom stereocenters. The third kappa shape index (κ3) is 4.93. The van der Waals surface area contributed by atoms with Crippen molar-refractivity contribution in [3.8, 4) is 12.1 Å². The molecule has 0 amide bonds. The van der Waals surface area contributed by atoms with E-state index in [2.05, 4.69) is 12.1 Å². The van der Waals surface area contributed by atoms with E-state index in [9.17, 15) is 0 Å². The Balaban J connectivity index is 2.37. The molecular weight excluding hydrogens is 228 g/mol. The fraction of sp³-hybridized carbons (Fsp3) is 0.429. The number of rotatable bonds is 5. The topological polar surface area (TPSA) is 47.6 Å². The minimum atomic E-state index is -0.227. The van der Waals surface area contributed by atoms with Crippen molar-refractivity contribution in [1.82, 2.24) is 0 Å². The van der Waals surface area contributed by atoms with Crippen molar-refractivity contribution < 1.29 is 0 Å². The number of thioether (sulfide) groups is 1. The fourth-order valence-electron chi connectivity index (χ4n) is 1.42. The van der Waals surface area contributed by atoms with Crippen molar-refractivity contribution in [2.75, 3.05) is 5.75 Å². The van der Waals surface area contributed by atoms with Gasteiger partial charge in [-0.15, -0.1) is 11.8 Å². The van der Waals surface area contributed by atoms with E-state index in [0.717, 1.165) is 23.5 Å². The van der Waals surface area contributed by atoms with Gasteiger partial charge in [-0.25, -0.2) is 0 Å². The van der Waals surface area contributed by atoms with Crippen LogP contribution in [0.3, 0.4) is 0 Å². The summed E-state index contributed by atoms with van der Waals surface area (Å²) in [4.78, 5) is 1.12. The molecule has 0 aliphatic heterocycles. The quantitative estimate of drug-likeness (QED) is 0.581. The molecule has 0 heterocycles. The Morgan fingerprint density at radius 1 is 1.29 bits per heavy atom. The van der Waals surface area contributed by atoms with Crippen molar-refractivity contribution in [3.63, 3.8) is 0 Å². The molecule has 1 aromatic carbocycles. The minimum Gasteiger partial charge on any atom is -0.198 e. The van der Waals surface area contributed by atoms with E-state index < -0.39 is 0 Å². The first kappa shape index (κ1) is 13.6. The second-order valence-electron chi connectivity index (χ2n) is 4.59. The minimum absolute atomic E-state index is 0.227. The largest absolute Gasteiger partial charge is 0.198 e.